The van der Waals surface area contributed by atoms with E-state index >= 15 is 0 Å². The number of rotatable bonds is 6. The molecule has 16 heavy (non-hydrogen) atoms. The van der Waals surface area contributed by atoms with Crippen molar-refractivity contribution in [2.24, 2.45) is 0 Å². The number of thiazole rings is 1. The van der Waals surface area contributed by atoms with Crippen molar-refractivity contribution in [2.45, 2.75) is 25.8 Å². The van der Waals surface area contributed by atoms with Gasteiger partial charge in [0.1, 0.15) is 0 Å². The smallest absolute Gasteiger partial charge is 0.0944 e. The van der Waals surface area contributed by atoms with Crippen molar-refractivity contribution in [1.29, 1.82) is 0 Å². The van der Waals surface area contributed by atoms with E-state index in [2.05, 4.69) is 26.8 Å². The van der Waals surface area contributed by atoms with Crippen LogP contribution in [0, 0.1) is 0 Å². The summed E-state index contributed by atoms with van der Waals surface area (Å²) in [5.41, 5.74) is 1.02. The van der Waals surface area contributed by atoms with Crippen molar-refractivity contribution in [3.8, 4) is 0 Å². The number of hydrogen-bond acceptors (Lipinski definition) is 6. The molecule has 1 unspecified atom stereocenters. The van der Waals surface area contributed by atoms with E-state index in [9.17, 15) is 0 Å². The first-order valence-corrected chi connectivity index (χ1v) is 7.00. The molecule has 0 aliphatic carbocycles. The molecule has 6 heteroatoms. The molecule has 2 aromatic rings. The molecule has 2 aromatic heterocycles. The van der Waals surface area contributed by atoms with Crippen LogP contribution in [0.25, 0.3) is 0 Å². The van der Waals surface area contributed by atoms with Gasteiger partial charge in [-0.15, -0.1) is 16.4 Å². The van der Waals surface area contributed by atoms with Crippen LogP contribution in [-0.4, -0.2) is 21.1 Å². The highest BCUT2D eigenvalue weighted by atomic mass is 32.1. The van der Waals surface area contributed by atoms with Crippen LogP contribution in [0.5, 0.6) is 0 Å². The Morgan fingerprint density at radius 1 is 1.50 bits per heavy atom. The molecule has 0 aliphatic heterocycles. The molecule has 0 spiro atoms. The molecule has 0 saturated heterocycles. The molecule has 1 N–H and O–H groups in total. The Hall–Kier alpha value is -0.850. The molecule has 2 rings (SSSR count). The van der Waals surface area contributed by atoms with Gasteiger partial charge in [-0.25, -0.2) is 4.98 Å². The van der Waals surface area contributed by atoms with Crippen LogP contribution in [0.2, 0.25) is 0 Å². The Bertz CT molecular complexity index is 385. The monoisotopic (exact) mass is 254 g/mol. The topological polar surface area (TPSA) is 50.7 Å². The van der Waals surface area contributed by atoms with E-state index < -0.39 is 0 Å². The minimum absolute atomic E-state index is 0.241. The molecule has 86 valence electrons. The lowest BCUT2D eigenvalue weighted by atomic mass is 10.1. The summed E-state index contributed by atoms with van der Waals surface area (Å²) in [4.78, 5) is 4.31. The summed E-state index contributed by atoms with van der Waals surface area (Å²) in [7, 11) is 0. The third-order valence-corrected chi connectivity index (χ3v) is 3.56. The van der Waals surface area contributed by atoms with Gasteiger partial charge in [-0.3, -0.25) is 0 Å². The predicted octanol–water partition coefficient (Wildman–Crippen LogP) is 2.28. The minimum atomic E-state index is 0.241. The third-order valence-electron chi connectivity index (χ3n) is 2.24. The second-order valence-electron chi connectivity index (χ2n) is 3.47. The summed E-state index contributed by atoms with van der Waals surface area (Å²) in [6.45, 7) is 3.15. The van der Waals surface area contributed by atoms with Gasteiger partial charge in [0.05, 0.1) is 16.7 Å². The fourth-order valence-electron chi connectivity index (χ4n) is 1.45. The number of aromatic nitrogens is 3. The quantitative estimate of drug-likeness (QED) is 0.859. The Morgan fingerprint density at radius 3 is 3.06 bits per heavy atom. The van der Waals surface area contributed by atoms with Gasteiger partial charge in [-0.05, 0) is 24.5 Å². The van der Waals surface area contributed by atoms with Gasteiger partial charge in [0.15, 0.2) is 0 Å². The summed E-state index contributed by atoms with van der Waals surface area (Å²) < 4.78 is 3.92. The van der Waals surface area contributed by atoms with Gasteiger partial charge in [-0.1, -0.05) is 11.4 Å². The summed E-state index contributed by atoms with van der Waals surface area (Å²) in [6.07, 6.45) is 3.85. The van der Waals surface area contributed by atoms with E-state index in [-0.39, 0.29) is 6.04 Å². The highest BCUT2D eigenvalue weighted by molar-refractivity contribution is 7.09. The zero-order valence-corrected chi connectivity index (χ0v) is 10.7. The molecule has 0 amide bonds. The van der Waals surface area contributed by atoms with Crippen LogP contribution in [0.15, 0.2) is 17.0 Å². The lowest BCUT2D eigenvalue weighted by Crippen LogP contribution is -2.24. The largest absolute Gasteiger partial charge is 0.308 e. The first-order chi connectivity index (χ1) is 7.90. The lowest BCUT2D eigenvalue weighted by molar-refractivity contribution is 0.516. The fraction of sp³-hybridized carbons (Fsp3) is 0.500. The summed E-state index contributed by atoms with van der Waals surface area (Å²) in [5.74, 6) is 0. The molecule has 0 radical (unpaired) electrons. The Morgan fingerprint density at radius 2 is 2.44 bits per heavy atom. The van der Waals surface area contributed by atoms with Crippen molar-refractivity contribution in [3.63, 3.8) is 0 Å². The van der Waals surface area contributed by atoms with Gasteiger partial charge in [-0.2, -0.15) is 0 Å². The van der Waals surface area contributed by atoms with Gasteiger partial charge in [0, 0.05) is 23.4 Å². The van der Waals surface area contributed by atoms with Crippen molar-refractivity contribution >= 4 is 22.9 Å². The second kappa shape index (κ2) is 6.03. The maximum atomic E-state index is 4.31. The van der Waals surface area contributed by atoms with E-state index in [1.807, 2.05) is 17.0 Å². The number of nitrogens with zero attached hydrogens (tertiary/aromatic N) is 3. The van der Waals surface area contributed by atoms with Gasteiger partial charge in [0.25, 0.3) is 0 Å². The van der Waals surface area contributed by atoms with Gasteiger partial charge < -0.3 is 5.32 Å². The normalized spacial score (nSPS) is 12.8. The Balaban J connectivity index is 2.03. The molecule has 2 heterocycles. The van der Waals surface area contributed by atoms with Crippen LogP contribution in [0.1, 0.15) is 30.1 Å². The van der Waals surface area contributed by atoms with Crippen LogP contribution in [0.3, 0.4) is 0 Å². The Kier molecular flexibility index (Phi) is 4.38. The number of nitrogens with one attached hydrogen (secondary N) is 1. The fourth-order valence-corrected chi connectivity index (χ4v) is 2.62. The van der Waals surface area contributed by atoms with Crippen molar-refractivity contribution in [1.82, 2.24) is 19.9 Å². The number of hydrogen-bond donors (Lipinski definition) is 1. The first-order valence-electron chi connectivity index (χ1n) is 5.29. The van der Waals surface area contributed by atoms with Gasteiger partial charge >= 0.3 is 0 Å². The SMILES string of the molecule is CCCNC(Cc1nccs1)c1csnn1. The maximum absolute atomic E-state index is 4.31. The molecular formula is C10H14N4S2. The maximum Gasteiger partial charge on any atom is 0.0944 e. The van der Waals surface area contributed by atoms with Crippen LogP contribution >= 0.6 is 22.9 Å². The predicted molar refractivity (Wildman–Crippen MR) is 66.8 cm³/mol. The van der Waals surface area contributed by atoms with Crippen molar-refractivity contribution in [3.05, 3.63) is 27.7 Å². The second-order valence-corrected chi connectivity index (χ2v) is 5.06. The summed E-state index contributed by atoms with van der Waals surface area (Å²) >= 11 is 3.08. The van der Waals surface area contributed by atoms with Crippen LogP contribution < -0.4 is 5.32 Å². The molecule has 0 aliphatic rings. The average molecular weight is 254 g/mol. The zero-order valence-electron chi connectivity index (χ0n) is 9.09. The molecule has 0 bridgehead atoms. The van der Waals surface area contributed by atoms with E-state index in [1.54, 1.807) is 11.3 Å². The van der Waals surface area contributed by atoms with E-state index in [0.717, 1.165) is 30.1 Å². The molecule has 4 nitrogen and oxygen atoms in total. The zero-order chi connectivity index (χ0) is 11.2. The van der Waals surface area contributed by atoms with E-state index in [0.29, 0.717) is 0 Å². The molecular weight excluding hydrogens is 240 g/mol. The first kappa shape index (κ1) is 11.6. The minimum Gasteiger partial charge on any atom is -0.308 e. The van der Waals surface area contributed by atoms with E-state index in [1.165, 1.54) is 11.5 Å². The summed E-state index contributed by atoms with van der Waals surface area (Å²) in [6, 6.07) is 0.241. The highest BCUT2D eigenvalue weighted by Crippen LogP contribution is 2.18. The van der Waals surface area contributed by atoms with E-state index in [4.69, 9.17) is 0 Å². The van der Waals surface area contributed by atoms with Crippen LogP contribution in [0.4, 0.5) is 0 Å². The average Bonchev–Trinajstić information content (AvgIpc) is 2.96. The lowest BCUT2D eigenvalue weighted by Gasteiger charge is -2.14. The third kappa shape index (κ3) is 3.07. The Labute approximate surface area is 103 Å². The van der Waals surface area contributed by atoms with Gasteiger partial charge in [0.2, 0.25) is 0 Å². The molecule has 1 atom stereocenters. The van der Waals surface area contributed by atoms with Crippen LogP contribution in [-0.2, 0) is 6.42 Å². The highest BCUT2D eigenvalue weighted by Gasteiger charge is 2.15. The molecule has 0 fully saturated rings. The molecule has 0 aromatic carbocycles. The molecule has 0 saturated carbocycles. The summed E-state index contributed by atoms with van der Waals surface area (Å²) in [5, 5.41) is 12.8. The van der Waals surface area contributed by atoms with Crippen molar-refractivity contribution in [2.75, 3.05) is 6.54 Å². The van der Waals surface area contributed by atoms with Crippen molar-refractivity contribution < 1.29 is 0 Å². The standard InChI is InChI=1S/C10H14N4S2/c1-2-3-11-8(9-7-16-14-13-9)6-10-12-4-5-15-10/h4-5,7-8,11H,2-3,6H2,1H3.